The zero-order chi connectivity index (χ0) is 14.7. The van der Waals surface area contributed by atoms with Crippen LogP contribution in [0.2, 0.25) is 0 Å². The first-order valence-corrected chi connectivity index (χ1v) is 7.86. The van der Waals surface area contributed by atoms with E-state index in [1.54, 1.807) is 17.7 Å². The molecule has 2 N–H and O–H groups in total. The summed E-state index contributed by atoms with van der Waals surface area (Å²) in [7, 11) is 0. The number of nitrogens with zero attached hydrogens (tertiary/aromatic N) is 2. The second-order valence-corrected chi connectivity index (χ2v) is 5.71. The van der Waals surface area contributed by atoms with Gasteiger partial charge in [0.15, 0.2) is 0 Å². The minimum atomic E-state index is 0.00613. The zero-order valence-electron chi connectivity index (χ0n) is 11.8. The first-order valence-electron chi connectivity index (χ1n) is 6.98. The van der Waals surface area contributed by atoms with E-state index in [9.17, 15) is 5.11 Å². The van der Waals surface area contributed by atoms with Gasteiger partial charge in [0.25, 0.3) is 0 Å². The van der Waals surface area contributed by atoms with Crippen LogP contribution in [0.5, 0.6) is 0 Å². The molecule has 0 aliphatic carbocycles. The third-order valence-corrected chi connectivity index (χ3v) is 4.40. The van der Waals surface area contributed by atoms with Gasteiger partial charge in [0.2, 0.25) is 0 Å². The predicted octanol–water partition coefficient (Wildman–Crippen LogP) is 3.54. The SMILES string of the molecule is CCC(CO)Nc1ncnc2scc(-c3ccccc3)c12. The molecule has 108 valence electrons. The number of thiophene rings is 1. The van der Waals surface area contributed by atoms with E-state index in [2.05, 4.69) is 32.8 Å². The maximum absolute atomic E-state index is 9.39. The Morgan fingerprint density at radius 3 is 2.76 bits per heavy atom. The summed E-state index contributed by atoms with van der Waals surface area (Å²) < 4.78 is 0. The Labute approximate surface area is 127 Å². The van der Waals surface area contributed by atoms with Crippen molar-refractivity contribution in [1.82, 2.24) is 9.97 Å². The highest BCUT2D eigenvalue weighted by Crippen LogP contribution is 2.36. The summed E-state index contributed by atoms with van der Waals surface area (Å²) >= 11 is 1.61. The lowest BCUT2D eigenvalue weighted by molar-refractivity contribution is 0.271. The fourth-order valence-corrected chi connectivity index (χ4v) is 3.20. The third-order valence-electron chi connectivity index (χ3n) is 3.51. The van der Waals surface area contributed by atoms with Crippen LogP contribution in [0.1, 0.15) is 13.3 Å². The van der Waals surface area contributed by atoms with Crippen LogP contribution in [0.4, 0.5) is 5.82 Å². The standard InChI is InChI=1S/C16H17N3OS/c1-2-12(8-20)19-15-14-13(11-6-4-3-5-7-11)9-21-16(14)18-10-17-15/h3-7,9-10,12,20H,2,8H2,1H3,(H,17,18,19). The van der Waals surface area contributed by atoms with Crippen LogP contribution in [0.25, 0.3) is 21.3 Å². The molecule has 0 fully saturated rings. The largest absolute Gasteiger partial charge is 0.394 e. The van der Waals surface area contributed by atoms with Crippen LogP contribution < -0.4 is 5.32 Å². The number of aliphatic hydroxyl groups excluding tert-OH is 1. The van der Waals surface area contributed by atoms with Crippen LogP contribution in [0, 0.1) is 0 Å². The lowest BCUT2D eigenvalue weighted by Gasteiger charge is -2.15. The Morgan fingerprint density at radius 2 is 2.05 bits per heavy atom. The van der Waals surface area contributed by atoms with Crippen molar-refractivity contribution in [3.05, 3.63) is 42.0 Å². The smallest absolute Gasteiger partial charge is 0.139 e. The number of hydrogen-bond acceptors (Lipinski definition) is 5. The molecule has 0 saturated carbocycles. The average molecular weight is 299 g/mol. The number of rotatable bonds is 5. The van der Waals surface area contributed by atoms with Crippen LogP contribution in [-0.4, -0.2) is 27.7 Å². The summed E-state index contributed by atoms with van der Waals surface area (Å²) in [5, 5.41) is 15.9. The highest BCUT2D eigenvalue weighted by atomic mass is 32.1. The molecule has 0 aliphatic heterocycles. The van der Waals surface area contributed by atoms with Crippen LogP contribution in [0.3, 0.4) is 0 Å². The Bertz CT molecular complexity index is 723. The fourth-order valence-electron chi connectivity index (χ4n) is 2.28. The van der Waals surface area contributed by atoms with Crippen molar-refractivity contribution in [2.75, 3.05) is 11.9 Å². The van der Waals surface area contributed by atoms with Crippen molar-refractivity contribution in [3.8, 4) is 11.1 Å². The van der Waals surface area contributed by atoms with E-state index in [1.165, 1.54) is 0 Å². The van der Waals surface area contributed by atoms with Gasteiger partial charge in [-0.25, -0.2) is 9.97 Å². The van der Waals surface area contributed by atoms with E-state index in [1.807, 2.05) is 25.1 Å². The maximum Gasteiger partial charge on any atom is 0.139 e. The molecule has 0 aliphatic rings. The zero-order valence-corrected chi connectivity index (χ0v) is 12.6. The molecule has 5 heteroatoms. The molecular weight excluding hydrogens is 282 g/mol. The highest BCUT2D eigenvalue weighted by molar-refractivity contribution is 7.17. The van der Waals surface area contributed by atoms with Gasteiger partial charge in [-0.1, -0.05) is 37.3 Å². The summed E-state index contributed by atoms with van der Waals surface area (Å²) in [6.07, 6.45) is 2.41. The number of aliphatic hydroxyl groups is 1. The Morgan fingerprint density at radius 1 is 1.24 bits per heavy atom. The molecule has 3 rings (SSSR count). The lowest BCUT2D eigenvalue weighted by Crippen LogP contribution is -2.23. The molecule has 2 aromatic heterocycles. The third kappa shape index (κ3) is 2.75. The summed E-state index contributed by atoms with van der Waals surface area (Å²) in [6, 6.07) is 10.2. The van der Waals surface area contributed by atoms with Gasteiger partial charge in [-0.2, -0.15) is 0 Å². The molecule has 0 saturated heterocycles. The molecule has 1 atom stereocenters. The first-order chi connectivity index (χ1) is 10.3. The predicted molar refractivity (Wildman–Crippen MR) is 87.6 cm³/mol. The summed E-state index contributed by atoms with van der Waals surface area (Å²) in [5.41, 5.74) is 2.28. The van der Waals surface area contributed by atoms with E-state index in [0.717, 1.165) is 33.6 Å². The molecule has 0 bridgehead atoms. The summed E-state index contributed by atoms with van der Waals surface area (Å²) in [4.78, 5) is 9.68. The molecule has 1 aromatic carbocycles. The van der Waals surface area contributed by atoms with E-state index < -0.39 is 0 Å². The van der Waals surface area contributed by atoms with Crippen molar-refractivity contribution >= 4 is 27.4 Å². The van der Waals surface area contributed by atoms with Gasteiger partial charge in [0, 0.05) is 10.9 Å². The quantitative estimate of drug-likeness (QED) is 0.756. The Hall–Kier alpha value is -1.98. The molecule has 0 spiro atoms. The molecular formula is C16H17N3OS. The van der Waals surface area contributed by atoms with Gasteiger partial charge < -0.3 is 10.4 Å². The average Bonchev–Trinajstić information content (AvgIpc) is 2.98. The van der Waals surface area contributed by atoms with Crippen molar-refractivity contribution < 1.29 is 5.11 Å². The van der Waals surface area contributed by atoms with Crippen molar-refractivity contribution in [2.45, 2.75) is 19.4 Å². The maximum atomic E-state index is 9.39. The molecule has 2 heterocycles. The van der Waals surface area contributed by atoms with Gasteiger partial charge in [0.1, 0.15) is 17.0 Å². The number of fused-ring (bicyclic) bond motifs is 1. The van der Waals surface area contributed by atoms with Gasteiger partial charge in [-0.15, -0.1) is 11.3 Å². The van der Waals surface area contributed by atoms with E-state index in [-0.39, 0.29) is 12.6 Å². The number of nitrogens with one attached hydrogen (secondary N) is 1. The number of benzene rings is 1. The number of aromatic nitrogens is 2. The topological polar surface area (TPSA) is 58.0 Å². The number of anilines is 1. The van der Waals surface area contributed by atoms with E-state index in [0.29, 0.717) is 0 Å². The van der Waals surface area contributed by atoms with Crippen molar-refractivity contribution in [2.24, 2.45) is 0 Å². The van der Waals surface area contributed by atoms with Gasteiger partial charge in [0.05, 0.1) is 18.0 Å². The normalized spacial score (nSPS) is 12.5. The van der Waals surface area contributed by atoms with E-state index >= 15 is 0 Å². The van der Waals surface area contributed by atoms with Crippen LogP contribution in [0.15, 0.2) is 42.0 Å². The minimum absolute atomic E-state index is 0.00613. The molecule has 21 heavy (non-hydrogen) atoms. The minimum Gasteiger partial charge on any atom is -0.394 e. The van der Waals surface area contributed by atoms with Crippen LogP contribution >= 0.6 is 11.3 Å². The second-order valence-electron chi connectivity index (χ2n) is 4.85. The molecule has 4 nitrogen and oxygen atoms in total. The van der Waals surface area contributed by atoms with Crippen LogP contribution in [-0.2, 0) is 0 Å². The summed E-state index contributed by atoms with van der Waals surface area (Å²) in [6.45, 7) is 2.13. The van der Waals surface area contributed by atoms with Crippen molar-refractivity contribution in [1.29, 1.82) is 0 Å². The number of hydrogen-bond donors (Lipinski definition) is 2. The van der Waals surface area contributed by atoms with Crippen molar-refractivity contribution in [3.63, 3.8) is 0 Å². The lowest BCUT2D eigenvalue weighted by atomic mass is 10.1. The monoisotopic (exact) mass is 299 g/mol. The molecule has 3 aromatic rings. The van der Waals surface area contributed by atoms with Gasteiger partial charge in [-0.3, -0.25) is 0 Å². The Kier molecular flexibility index (Phi) is 4.13. The molecule has 1 unspecified atom stereocenters. The van der Waals surface area contributed by atoms with Gasteiger partial charge >= 0.3 is 0 Å². The summed E-state index contributed by atoms with van der Waals surface area (Å²) in [5.74, 6) is 0.793. The van der Waals surface area contributed by atoms with E-state index in [4.69, 9.17) is 0 Å². The molecule has 0 radical (unpaired) electrons. The van der Waals surface area contributed by atoms with Gasteiger partial charge in [-0.05, 0) is 12.0 Å². The molecule has 0 amide bonds. The fraction of sp³-hybridized carbons (Fsp3) is 0.250. The highest BCUT2D eigenvalue weighted by Gasteiger charge is 2.15. The first kappa shape index (κ1) is 14.0. The Balaban J connectivity index is 2.11. The second kappa shape index (κ2) is 6.20.